The van der Waals surface area contributed by atoms with Crippen LogP contribution in [0.25, 0.3) is 0 Å². The molecule has 2 aliphatic rings. The highest BCUT2D eigenvalue weighted by Gasteiger charge is 2.54. The van der Waals surface area contributed by atoms with Gasteiger partial charge in [-0.05, 0) is 69.5 Å². The lowest BCUT2D eigenvalue weighted by molar-refractivity contribution is 0.0231. The average Bonchev–Trinajstić information content (AvgIpc) is 3.09. The van der Waals surface area contributed by atoms with E-state index in [2.05, 4.69) is 54.2 Å². The van der Waals surface area contributed by atoms with E-state index in [0.717, 1.165) is 43.5 Å². The summed E-state index contributed by atoms with van der Waals surface area (Å²) in [5.74, 6) is 0.820. The third-order valence-corrected chi connectivity index (χ3v) is 7.81. The number of carbonyl (C=O) groups is 1. The zero-order valence-corrected chi connectivity index (χ0v) is 20.2. The minimum absolute atomic E-state index is 0.0123. The second kappa shape index (κ2) is 9.74. The van der Waals surface area contributed by atoms with Gasteiger partial charge in [-0.1, -0.05) is 42.5 Å². The van der Waals surface area contributed by atoms with E-state index in [0.29, 0.717) is 19.5 Å². The summed E-state index contributed by atoms with van der Waals surface area (Å²) in [6.45, 7) is 2.04. The van der Waals surface area contributed by atoms with Gasteiger partial charge >= 0.3 is 6.03 Å². The third-order valence-electron chi connectivity index (χ3n) is 7.81. The monoisotopic (exact) mass is 451 g/mol. The first kappa shape index (κ1) is 23.6. The van der Waals surface area contributed by atoms with Gasteiger partial charge in [0.1, 0.15) is 5.75 Å². The fraction of sp³-hybridized carbons (Fsp3) is 0.519. The summed E-state index contributed by atoms with van der Waals surface area (Å²) in [6, 6.07) is 18.8. The molecular weight excluding hydrogens is 414 g/mol. The van der Waals surface area contributed by atoms with Crippen molar-refractivity contribution in [1.29, 1.82) is 0 Å². The number of benzene rings is 2. The van der Waals surface area contributed by atoms with E-state index in [1.54, 1.807) is 7.11 Å². The van der Waals surface area contributed by atoms with Crippen LogP contribution in [0.3, 0.4) is 0 Å². The molecule has 1 saturated heterocycles. The number of ether oxygens (including phenoxy) is 1. The van der Waals surface area contributed by atoms with Crippen LogP contribution in [-0.2, 0) is 12.1 Å². The number of aliphatic hydroxyl groups excluding tert-OH is 1. The minimum Gasteiger partial charge on any atom is -0.497 e. The van der Waals surface area contributed by atoms with E-state index in [9.17, 15) is 9.90 Å². The highest BCUT2D eigenvalue weighted by molar-refractivity contribution is 5.78. The predicted molar refractivity (Wildman–Crippen MR) is 130 cm³/mol. The van der Waals surface area contributed by atoms with Crippen LogP contribution in [-0.4, -0.2) is 72.3 Å². The first-order chi connectivity index (χ1) is 15.9. The molecule has 0 atom stereocenters. The van der Waals surface area contributed by atoms with Gasteiger partial charge in [-0.2, -0.15) is 0 Å². The van der Waals surface area contributed by atoms with Gasteiger partial charge in [0, 0.05) is 31.8 Å². The van der Waals surface area contributed by atoms with E-state index in [1.807, 2.05) is 29.2 Å². The third kappa shape index (κ3) is 4.46. The lowest BCUT2D eigenvalue weighted by Crippen LogP contribution is -2.55. The molecule has 2 amide bonds. The Bertz CT molecular complexity index is 921. The van der Waals surface area contributed by atoms with Gasteiger partial charge in [-0.3, -0.25) is 4.90 Å². The Kier molecular flexibility index (Phi) is 6.96. The van der Waals surface area contributed by atoms with Crippen molar-refractivity contribution in [3.05, 3.63) is 65.7 Å². The Hall–Kier alpha value is -2.57. The number of methoxy groups -OCH3 is 1. The minimum atomic E-state index is -0.174. The molecule has 1 spiro atoms. The highest BCUT2D eigenvalue weighted by Crippen LogP contribution is 2.49. The molecule has 0 unspecified atom stereocenters. The Morgan fingerprint density at radius 1 is 1.00 bits per heavy atom. The highest BCUT2D eigenvalue weighted by atomic mass is 16.5. The van der Waals surface area contributed by atoms with Gasteiger partial charge < -0.3 is 19.6 Å². The van der Waals surface area contributed by atoms with Gasteiger partial charge in [-0.25, -0.2) is 4.79 Å². The molecule has 2 aromatic carbocycles. The Labute approximate surface area is 197 Å². The average molecular weight is 452 g/mol. The van der Waals surface area contributed by atoms with Gasteiger partial charge in [-0.15, -0.1) is 0 Å². The van der Waals surface area contributed by atoms with Crippen molar-refractivity contribution in [2.45, 2.75) is 49.7 Å². The van der Waals surface area contributed by atoms with Crippen molar-refractivity contribution < 1.29 is 14.6 Å². The molecule has 1 aliphatic carbocycles. The molecule has 0 bridgehead atoms. The molecule has 6 nitrogen and oxygen atoms in total. The number of nitrogens with zero attached hydrogens (tertiary/aromatic N) is 3. The SMILES string of the molecule is COc1ccc(CN2C[C@]3(CC[C@](c4ccccc4)(N(C)C)CC3)N(CCCO)C2=O)cc1. The molecule has 1 saturated carbocycles. The van der Waals surface area contributed by atoms with Crippen molar-refractivity contribution >= 4 is 6.03 Å². The zero-order valence-electron chi connectivity index (χ0n) is 20.2. The van der Waals surface area contributed by atoms with Crippen LogP contribution in [0.15, 0.2) is 54.6 Å². The predicted octanol–water partition coefficient (Wildman–Crippen LogP) is 4.09. The zero-order chi connectivity index (χ0) is 23.5. The van der Waals surface area contributed by atoms with E-state index in [1.165, 1.54) is 5.56 Å². The van der Waals surface area contributed by atoms with E-state index in [-0.39, 0.29) is 23.7 Å². The quantitative estimate of drug-likeness (QED) is 0.657. The Morgan fingerprint density at radius 2 is 1.67 bits per heavy atom. The van der Waals surface area contributed by atoms with Gasteiger partial charge in [0.15, 0.2) is 0 Å². The largest absolute Gasteiger partial charge is 0.497 e. The van der Waals surface area contributed by atoms with Crippen LogP contribution in [0, 0.1) is 0 Å². The lowest BCUT2D eigenvalue weighted by Gasteiger charge is -2.51. The summed E-state index contributed by atoms with van der Waals surface area (Å²) >= 11 is 0. The Morgan fingerprint density at radius 3 is 2.24 bits per heavy atom. The van der Waals surface area contributed by atoms with E-state index < -0.39 is 0 Å². The second-order valence-electron chi connectivity index (χ2n) is 9.73. The van der Waals surface area contributed by atoms with Crippen molar-refractivity contribution in [2.75, 3.05) is 40.9 Å². The normalized spacial score (nSPS) is 25.3. The fourth-order valence-corrected chi connectivity index (χ4v) is 5.82. The fourth-order valence-electron chi connectivity index (χ4n) is 5.82. The van der Waals surface area contributed by atoms with Crippen LogP contribution in [0.5, 0.6) is 5.75 Å². The number of carbonyl (C=O) groups excluding carboxylic acids is 1. The molecule has 33 heavy (non-hydrogen) atoms. The molecule has 6 heteroatoms. The van der Waals surface area contributed by atoms with Gasteiger partial charge in [0.05, 0.1) is 12.6 Å². The summed E-state index contributed by atoms with van der Waals surface area (Å²) in [5.41, 5.74) is 2.27. The standard InChI is InChI=1S/C27H37N3O3/c1-28(2)27(23-8-5-4-6-9-23)16-14-26(15-17-27)21-29(25(32)30(26)18-7-19-31)20-22-10-12-24(33-3)13-11-22/h4-6,8-13,31H,7,14-21H2,1-3H3/t26-,27+. The smallest absolute Gasteiger partial charge is 0.320 e. The van der Waals surface area contributed by atoms with Crippen LogP contribution < -0.4 is 4.74 Å². The molecule has 2 fully saturated rings. The van der Waals surface area contributed by atoms with Gasteiger partial charge in [0.25, 0.3) is 0 Å². The number of hydrogen-bond acceptors (Lipinski definition) is 4. The molecule has 1 N–H and O–H groups in total. The van der Waals surface area contributed by atoms with Crippen LogP contribution in [0.1, 0.15) is 43.2 Å². The molecule has 1 heterocycles. The van der Waals surface area contributed by atoms with Crippen molar-refractivity contribution in [3.63, 3.8) is 0 Å². The molecule has 4 rings (SSSR count). The summed E-state index contributed by atoms with van der Waals surface area (Å²) in [4.78, 5) is 19.9. The molecule has 0 radical (unpaired) electrons. The molecular formula is C27H37N3O3. The summed E-state index contributed by atoms with van der Waals surface area (Å²) < 4.78 is 5.27. The summed E-state index contributed by atoms with van der Waals surface area (Å²) in [5, 5.41) is 9.48. The Balaban J connectivity index is 1.56. The maximum atomic E-state index is 13.5. The topological polar surface area (TPSA) is 56.3 Å². The number of urea groups is 1. The maximum absolute atomic E-state index is 13.5. The molecule has 1 aliphatic heterocycles. The lowest BCUT2D eigenvalue weighted by atomic mass is 9.68. The van der Waals surface area contributed by atoms with Crippen LogP contribution >= 0.6 is 0 Å². The number of rotatable bonds is 8. The van der Waals surface area contributed by atoms with Crippen molar-refractivity contribution in [2.24, 2.45) is 0 Å². The van der Waals surface area contributed by atoms with Crippen molar-refractivity contribution in [1.82, 2.24) is 14.7 Å². The van der Waals surface area contributed by atoms with Crippen LogP contribution in [0.2, 0.25) is 0 Å². The number of aliphatic hydroxyl groups is 1. The number of hydrogen-bond donors (Lipinski definition) is 1. The van der Waals surface area contributed by atoms with Gasteiger partial charge in [0.2, 0.25) is 0 Å². The molecule has 2 aromatic rings. The second-order valence-corrected chi connectivity index (χ2v) is 9.73. The van der Waals surface area contributed by atoms with Crippen molar-refractivity contribution in [3.8, 4) is 5.75 Å². The first-order valence-corrected chi connectivity index (χ1v) is 12.0. The van der Waals surface area contributed by atoms with E-state index >= 15 is 0 Å². The first-order valence-electron chi connectivity index (χ1n) is 12.0. The maximum Gasteiger partial charge on any atom is 0.320 e. The molecule has 178 valence electrons. The summed E-state index contributed by atoms with van der Waals surface area (Å²) in [7, 11) is 6.00. The molecule has 0 aromatic heterocycles. The summed E-state index contributed by atoms with van der Waals surface area (Å²) in [6.07, 6.45) is 4.53. The van der Waals surface area contributed by atoms with E-state index in [4.69, 9.17) is 4.74 Å². The van der Waals surface area contributed by atoms with Crippen LogP contribution in [0.4, 0.5) is 4.79 Å². The number of amides is 2.